The van der Waals surface area contributed by atoms with E-state index in [1.807, 2.05) is 0 Å². The maximum atomic E-state index is 12.0. The molecule has 0 saturated carbocycles. The zero-order chi connectivity index (χ0) is 15.9. The Bertz CT molecular complexity index is 736. The van der Waals surface area contributed by atoms with E-state index in [0.29, 0.717) is 24.5 Å². The highest BCUT2D eigenvalue weighted by atomic mass is 35.7. The Balaban J connectivity index is 1.87. The van der Waals surface area contributed by atoms with Crippen molar-refractivity contribution in [1.29, 1.82) is 0 Å². The number of carbonyl (C=O) groups excluding carboxylic acids is 2. The van der Waals surface area contributed by atoms with E-state index in [0.717, 1.165) is 0 Å². The number of carbonyl (C=O) groups is 2. The van der Waals surface area contributed by atoms with Crippen LogP contribution in [0.5, 0.6) is 0 Å². The van der Waals surface area contributed by atoms with Crippen LogP contribution in [0.1, 0.15) is 6.42 Å². The molecule has 2 aliphatic rings. The lowest BCUT2D eigenvalue weighted by molar-refractivity contribution is -0.117. The first-order valence-corrected chi connectivity index (χ1v) is 9.02. The van der Waals surface area contributed by atoms with Gasteiger partial charge in [0, 0.05) is 35.0 Å². The summed E-state index contributed by atoms with van der Waals surface area (Å²) in [4.78, 5) is 26.4. The molecular formula is C13H13ClN2O5S. The molecule has 118 valence electrons. The number of amides is 2. The quantitative estimate of drug-likeness (QED) is 0.772. The van der Waals surface area contributed by atoms with E-state index in [1.165, 1.54) is 9.80 Å². The molecule has 2 heterocycles. The van der Waals surface area contributed by atoms with Gasteiger partial charge in [0.1, 0.15) is 11.9 Å². The van der Waals surface area contributed by atoms with Gasteiger partial charge in [-0.15, -0.1) is 0 Å². The molecule has 0 spiro atoms. The number of hydrogen-bond donors (Lipinski definition) is 0. The van der Waals surface area contributed by atoms with Gasteiger partial charge in [-0.3, -0.25) is 9.69 Å². The number of benzene rings is 1. The van der Waals surface area contributed by atoms with E-state index in [1.54, 1.807) is 24.3 Å². The van der Waals surface area contributed by atoms with Crippen molar-refractivity contribution in [1.82, 2.24) is 0 Å². The van der Waals surface area contributed by atoms with Gasteiger partial charge in [0.05, 0.1) is 6.54 Å². The minimum Gasteiger partial charge on any atom is -0.447 e. The summed E-state index contributed by atoms with van der Waals surface area (Å²) in [5.41, 5.74) is 1.13. The minimum atomic E-state index is -3.79. The van der Waals surface area contributed by atoms with Crippen molar-refractivity contribution >= 4 is 43.1 Å². The molecule has 1 aromatic rings. The van der Waals surface area contributed by atoms with Crippen LogP contribution in [0.4, 0.5) is 16.2 Å². The summed E-state index contributed by atoms with van der Waals surface area (Å²) in [5.74, 6) is -0.310. The Morgan fingerprint density at radius 1 is 1.18 bits per heavy atom. The Kier molecular flexibility index (Phi) is 3.73. The minimum absolute atomic E-state index is 0.0125. The third-order valence-electron chi connectivity index (χ3n) is 3.70. The Hall–Kier alpha value is -1.80. The van der Waals surface area contributed by atoms with Crippen molar-refractivity contribution in [3.05, 3.63) is 24.3 Å². The van der Waals surface area contributed by atoms with Crippen LogP contribution in [0.15, 0.2) is 24.3 Å². The third-order valence-corrected chi connectivity index (χ3v) is 5.57. The van der Waals surface area contributed by atoms with Crippen LogP contribution < -0.4 is 9.80 Å². The van der Waals surface area contributed by atoms with Crippen molar-refractivity contribution in [2.45, 2.75) is 11.7 Å². The standard InChI is InChI=1S/C13H13ClN2O5S/c14-22(19,20)11-7-12(17)16(8-11)10-3-1-2-9(6-10)15-4-5-21-13(15)18/h1-3,6,11H,4-5,7-8H2. The average Bonchev–Trinajstić information content (AvgIpc) is 3.04. The maximum absolute atomic E-state index is 12.0. The number of rotatable bonds is 3. The molecule has 2 amide bonds. The molecule has 0 radical (unpaired) electrons. The molecule has 2 aliphatic heterocycles. The number of hydrogen-bond acceptors (Lipinski definition) is 5. The summed E-state index contributed by atoms with van der Waals surface area (Å²) in [7, 11) is 1.55. The van der Waals surface area contributed by atoms with Crippen molar-refractivity contribution in [3.8, 4) is 0 Å². The van der Waals surface area contributed by atoms with Crippen molar-refractivity contribution < 1.29 is 22.7 Å². The lowest BCUT2D eigenvalue weighted by Gasteiger charge is -2.19. The number of anilines is 2. The summed E-state index contributed by atoms with van der Waals surface area (Å²) in [6.07, 6.45) is -0.576. The maximum Gasteiger partial charge on any atom is 0.414 e. The van der Waals surface area contributed by atoms with Crippen LogP contribution in [-0.2, 0) is 18.6 Å². The molecule has 0 N–H and O–H groups in total. The van der Waals surface area contributed by atoms with E-state index in [4.69, 9.17) is 15.4 Å². The van der Waals surface area contributed by atoms with Gasteiger partial charge in [0.25, 0.3) is 0 Å². The molecule has 7 nitrogen and oxygen atoms in total. The van der Waals surface area contributed by atoms with E-state index in [9.17, 15) is 18.0 Å². The fraction of sp³-hybridized carbons (Fsp3) is 0.385. The molecule has 22 heavy (non-hydrogen) atoms. The second kappa shape index (κ2) is 5.44. The zero-order valence-electron chi connectivity index (χ0n) is 11.4. The van der Waals surface area contributed by atoms with Gasteiger partial charge in [-0.05, 0) is 18.2 Å². The molecule has 1 atom stereocenters. The van der Waals surface area contributed by atoms with E-state index < -0.39 is 20.4 Å². The predicted molar refractivity (Wildman–Crippen MR) is 80.7 cm³/mol. The Morgan fingerprint density at radius 3 is 2.41 bits per heavy atom. The van der Waals surface area contributed by atoms with Crippen LogP contribution >= 0.6 is 10.7 Å². The second-order valence-electron chi connectivity index (χ2n) is 5.09. The highest BCUT2D eigenvalue weighted by Crippen LogP contribution is 2.30. The molecule has 3 rings (SSSR count). The van der Waals surface area contributed by atoms with Gasteiger partial charge in [0.2, 0.25) is 15.0 Å². The summed E-state index contributed by atoms with van der Waals surface area (Å²) >= 11 is 0. The summed E-state index contributed by atoms with van der Waals surface area (Å²) in [6.45, 7) is 0.770. The molecule has 2 saturated heterocycles. The van der Waals surface area contributed by atoms with Crippen LogP contribution in [0.3, 0.4) is 0 Å². The topological polar surface area (TPSA) is 84.0 Å². The molecule has 0 aliphatic carbocycles. The number of halogens is 1. The van der Waals surface area contributed by atoms with Crippen LogP contribution in [0.2, 0.25) is 0 Å². The lowest BCUT2D eigenvalue weighted by Crippen LogP contribution is -2.27. The zero-order valence-corrected chi connectivity index (χ0v) is 13.0. The largest absolute Gasteiger partial charge is 0.447 e. The lowest BCUT2D eigenvalue weighted by atomic mass is 10.2. The number of nitrogens with zero attached hydrogens (tertiary/aromatic N) is 2. The molecule has 2 fully saturated rings. The van der Waals surface area contributed by atoms with Gasteiger partial charge in [0.15, 0.2) is 0 Å². The van der Waals surface area contributed by atoms with Gasteiger partial charge in [-0.2, -0.15) is 0 Å². The molecule has 1 aromatic carbocycles. The monoisotopic (exact) mass is 344 g/mol. The van der Waals surface area contributed by atoms with Crippen molar-refractivity contribution in [2.75, 3.05) is 29.5 Å². The summed E-state index contributed by atoms with van der Waals surface area (Å²) in [6, 6.07) is 6.78. The van der Waals surface area contributed by atoms with Crippen LogP contribution in [0.25, 0.3) is 0 Å². The molecule has 0 bridgehead atoms. The first-order valence-electron chi connectivity index (χ1n) is 6.64. The van der Waals surface area contributed by atoms with Gasteiger partial charge >= 0.3 is 6.09 Å². The van der Waals surface area contributed by atoms with E-state index >= 15 is 0 Å². The highest BCUT2D eigenvalue weighted by Gasteiger charge is 2.38. The van der Waals surface area contributed by atoms with Crippen LogP contribution in [0, 0.1) is 0 Å². The molecule has 0 aromatic heterocycles. The van der Waals surface area contributed by atoms with E-state index in [2.05, 4.69) is 0 Å². The normalized spacial score (nSPS) is 22.3. The third kappa shape index (κ3) is 2.76. The molecule has 1 unspecified atom stereocenters. The van der Waals surface area contributed by atoms with Gasteiger partial charge in [-0.25, -0.2) is 13.2 Å². The highest BCUT2D eigenvalue weighted by molar-refractivity contribution is 8.14. The Labute approximate surface area is 131 Å². The fourth-order valence-corrected chi connectivity index (χ4v) is 3.60. The summed E-state index contributed by atoms with van der Waals surface area (Å²) in [5, 5.41) is -0.915. The Morgan fingerprint density at radius 2 is 1.86 bits per heavy atom. The first-order chi connectivity index (χ1) is 10.4. The fourth-order valence-electron chi connectivity index (χ4n) is 2.57. The average molecular weight is 345 g/mol. The number of cyclic esters (lactones) is 1. The van der Waals surface area contributed by atoms with Crippen molar-refractivity contribution in [3.63, 3.8) is 0 Å². The SMILES string of the molecule is O=C1CC(S(=O)(=O)Cl)CN1c1cccc(N2CCOC2=O)c1. The molecule has 9 heteroatoms. The number of ether oxygens (including phenoxy) is 1. The van der Waals surface area contributed by atoms with Gasteiger partial charge < -0.3 is 9.64 Å². The van der Waals surface area contributed by atoms with Crippen LogP contribution in [-0.4, -0.2) is 45.4 Å². The second-order valence-corrected chi connectivity index (χ2v) is 8.00. The van der Waals surface area contributed by atoms with Crippen molar-refractivity contribution in [2.24, 2.45) is 0 Å². The first kappa shape index (κ1) is 15.1. The molecular weight excluding hydrogens is 332 g/mol. The predicted octanol–water partition coefficient (Wildman–Crippen LogP) is 1.32. The smallest absolute Gasteiger partial charge is 0.414 e. The van der Waals surface area contributed by atoms with E-state index in [-0.39, 0.29) is 18.9 Å². The van der Waals surface area contributed by atoms with Gasteiger partial charge in [-0.1, -0.05) is 6.07 Å². The summed E-state index contributed by atoms with van der Waals surface area (Å²) < 4.78 is 27.7.